The molecular formula is C21H29N3O4. The Bertz CT molecular complexity index is 714. The summed E-state index contributed by atoms with van der Waals surface area (Å²) < 4.78 is 6.02. The molecule has 7 nitrogen and oxygen atoms in total. The zero-order chi connectivity index (χ0) is 19.7. The number of carbonyl (C=O) groups is 2. The van der Waals surface area contributed by atoms with Gasteiger partial charge >= 0.3 is 0 Å². The number of rotatable bonds is 4. The van der Waals surface area contributed by atoms with Crippen LogP contribution in [0.2, 0.25) is 0 Å². The van der Waals surface area contributed by atoms with Crippen LogP contribution in [0.5, 0.6) is 5.75 Å². The second kappa shape index (κ2) is 7.72. The van der Waals surface area contributed by atoms with E-state index in [2.05, 4.69) is 0 Å². The molecule has 2 heterocycles. The van der Waals surface area contributed by atoms with E-state index in [-0.39, 0.29) is 17.4 Å². The molecule has 7 heteroatoms. The van der Waals surface area contributed by atoms with Gasteiger partial charge in [-0.3, -0.25) is 19.7 Å². The third-order valence-corrected chi connectivity index (χ3v) is 6.55. The molecule has 1 spiro atoms. The van der Waals surface area contributed by atoms with Gasteiger partial charge < -0.3 is 9.64 Å². The van der Waals surface area contributed by atoms with Gasteiger partial charge in [0.25, 0.3) is 0 Å². The number of amides is 2. The van der Waals surface area contributed by atoms with Gasteiger partial charge in [0.15, 0.2) is 0 Å². The summed E-state index contributed by atoms with van der Waals surface area (Å²) in [5, 5.41) is 9.19. The Balaban J connectivity index is 1.38. The maximum atomic E-state index is 13.3. The molecule has 0 aromatic heterocycles. The van der Waals surface area contributed by atoms with Crippen LogP contribution in [0.1, 0.15) is 32.1 Å². The molecule has 1 saturated carbocycles. The summed E-state index contributed by atoms with van der Waals surface area (Å²) in [6.45, 7) is 2.09. The van der Waals surface area contributed by atoms with E-state index in [1.54, 1.807) is 5.48 Å². The van der Waals surface area contributed by atoms with Gasteiger partial charge in [-0.05, 0) is 43.9 Å². The predicted molar refractivity (Wildman–Crippen MR) is 103 cm³/mol. The molecule has 3 aliphatic rings. The third kappa shape index (κ3) is 3.86. The minimum Gasteiger partial charge on any atom is -0.490 e. The molecule has 1 aromatic rings. The summed E-state index contributed by atoms with van der Waals surface area (Å²) >= 11 is 0. The van der Waals surface area contributed by atoms with E-state index >= 15 is 0 Å². The smallest absolute Gasteiger partial charge is 0.248 e. The number of hydrogen-bond acceptors (Lipinski definition) is 5. The Hall–Kier alpha value is -2.12. The second-order valence-electron chi connectivity index (χ2n) is 8.60. The van der Waals surface area contributed by atoms with Gasteiger partial charge in [0.1, 0.15) is 17.9 Å². The number of likely N-dealkylation sites (N-methyl/N-ethyl adjacent to an activating group) is 1. The molecule has 2 atom stereocenters. The lowest BCUT2D eigenvalue weighted by Crippen LogP contribution is -2.60. The topological polar surface area (TPSA) is 82.1 Å². The van der Waals surface area contributed by atoms with Crippen LogP contribution in [0.15, 0.2) is 30.3 Å². The van der Waals surface area contributed by atoms with Crippen molar-refractivity contribution < 1.29 is 19.5 Å². The van der Waals surface area contributed by atoms with E-state index in [9.17, 15) is 14.8 Å². The molecule has 3 fully saturated rings. The number of nitrogens with one attached hydrogen (secondary N) is 1. The first-order valence-electron chi connectivity index (χ1n) is 10.2. The molecule has 152 valence electrons. The van der Waals surface area contributed by atoms with Crippen molar-refractivity contribution in [2.24, 2.45) is 11.3 Å². The lowest BCUT2D eigenvalue weighted by Gasteiger charge is -2.44. The highest BCUT2D eigenvalue weighted by Gasteiger charge is 2.55. The van der Waals surface area contributed by atoms with E-state index in [0.29, 0.717) is 19.5 Å². The van der Waals surface area contributed by atoms with Crippen molar-refractivity contribution in [3.8, 4) is 5.75 Å². The van der Waals surface area contributed by atoms with Crippen molar-refractivity contribution in [2.75, 3.05) is 26.7 Å². The highest BCUT2D eigenvalue weighted by molar-refractivity contribution is 5.90. The molecule has 2 unspecified atom stereocenters. The lowest BCUT2D eigenvalue weighted by atomic mass is 9.80. The van der Waals surface area contributed by atoms with E-state index in [4.69, 9.17) is 4.74 Å². The molecule has 0 radical (unpaired) electrons. The van der Waals surface area contributed by atoms with E-state index < -0.39 is 17.9 Å². The van der Waals surface area contributed by atoms with Crippen molar-refractivity contribution in [2.45, 2.75) is 44.2 Å². The summed E-state index contributed by atoms with van der Waals surface area (Å²) in [6, 6.07) is 9.24. The second-order valence-corrected chi connectivity index (χ2v) is 8.60. The zero-order valence-electron chi connectivity index (χ0n) is 16.3. The Labute approximate surface area is 165 Å². The molecule has 2 saturated heterocycles. The molecule has 1 aliphatic carbocycles. The largest absolute Gasteiger partial charge is 0.490 e. The number of hydroxylamine groups is 1. The minimum atomic E-state index is -0.509. The summed E-state index contributed by atoms with van der Waals surface area (Å²) in [5.41, 5.74) is 1.94. The fourth-order valence-electron chi connectivity index (χ4n) is 4.87. The number of para-hydroxylation sites is 1. The number of carbonyl (C=O) groups excluding carboxylic acids is 2. The van der Waals surface area contributed by atoms with E-state index in [1.165, 1.54) is 0 Å². The highest BCUT2D eigenvalue weighted by atomic mass is 16.5. The molecule has 28 heavy (non-hydrogen) atoms. The van der Waals surface area contributed by atoms with Gasteiger partial charge in [-0.2, -0.15) is 0 Å². The van der Waals surface area contributed by atoms with Crippen LogP contribution in [0.3, 0.4) is 0 Å². The number of benzene rings is 1. The van der Waals surface area contributed by atoms with Crippen molar-refractivity contribution in [3.63, 3.8) is 0 Å². The van der Waals surface area contributed by atoms with E-state index in [0.717, 1.165) is 38.0 Å². The first kappa shape index (κ1) is 19.2. The third-order valence-electron chi connectivity index (χ3n) is 6.55. The summed E-state index contributed by atoms with van der Waals surface area (Å²) in [4.78, 5) is 29.4. The molecule has 2 N–H and O–H groups in total. The lowest BCUT2D eigenvalue weighted by molar-refractivity contribution is -0.151. The van der Waals surface area contributed by atoms with Gasteiger partial charge in [0, 0.05) is 32.5 Å². The van der Waals surface area contributed by atoms with Crippen LogP contribution in [0.25, 0.3) is 0 Å². The van der Waals surface area contributed by atoms with Crippen LogP contribution < -0.4 is 10.2 Å². The Morgan fingerprint density at radius 2 is 1.86 bits per heavy atom. The van der Waals surface area contributed by atoms with Crippen molar-refractivity contribution in [3.05, 3.63) is 30.3 Å². The molecule has 1 aromatic carbocycles. The SMILES string of the molecule is CN1CC2(CC2)CC(C(=O)NO)C1C(=O)N1CCC(Oc2ccccc2)CC1. The number of likely N-dealkylation sites (tertiary alicyclic amines) is 2. The van der Waals surface area contributed by atoms with Crippen molar-refractivity contribution >= 4 is 11.8 Å². The monoisotopic (exact) mass is 387 g/mol. The summed E-state index contributed by atoms with van der Waals surface area (Å²) in [7, 11) is 1.92. The number of ether oxygens (including phenoxy) is 1. The summed E-state index contributed by atoms with van der Waals surface area (Å²) in [6.07, 6.45) is 4.51. The first-order chi connectivity index (χ1) is 13.5. The molecule has 2 amide bonds. The van der Waals surface area contributed by atoms with Crippen LogP contribution in [0, 0.1) is 11.3 Å². The zero-order valence-corrected chi connectivity index (χ0v) is 16.3. The average molecular weight is 387 g/mol. The number of hydrogen-bond donors (Lipinski definition) is 2. The maximum Gasteiger partial charge on any atom is 0.248 e. The highest BCUT2D eigenvalue weighted by Crippen LogP contribution is 2.54. The van der Waals surface area contributed by atoms with Crippen molar-refractivity contribution in [1.29, 1.82) is 0 Å². The molecular weight excluding hydrogens is 358 g/mol. The predicted octanol–water partition coefficient (Wildman–Crippen LogP) is 1.66. The van der Waals surface area contributed by atoms with Crippen molar-refractivity contribution in [1.82, 2.24) is 15.3 Å². The van der Waals surface area contributed by atoms with Gasteiger partial charge in [0.05, 0.1) is 5.92 Å². The van der Waals surface area contributed by atoms with Gasteiger partial charge in [0.2, 0.25) is 11.8 Å². The summed E-state index contributed by atoms with van der Waals surface area (Å²) in [5.74, 6) is -0.103. The Kier molecular flexibility index (Phi) is 5.29. The number of piperidine rings is 2. The van der Waals surface area contributed by atoms with Gasteiger partial charge in [-0.1, -0.05) is 18.2 Å². The Morgan fingerprint density at radius 3 is 2.46 bits per heavy atom. The maximum absolute atomic E-state index is 13.3. The van der Waals surface area contributed by atoms with Gasteiger partial charge in [-0.25, -0.2) is 5.48 Å². The normalized spacial score (nSPS) is 27.4. The van der Waals surface area contributed by atoms with Crippen LogP contribution in [-0.4, -0.2) is 65.6 Å². The standard InChI is InChI=1S/C21H29N3O4/c1-23-14-21(9-10-21)13-17(19(25)22-27)18(23)20(26)24-11-7-16(8-12-24)28-15-5-3-2-4-6-15/h2-6,16-18,27H,7-14H2,1H3,(H,22,25). The first-order valence-corrected chi connectivity index (χ1v) is 10.2. The van der Waals surface area contributed by atoms with E-state index in [1.807, 2.05) is 47.2 Å². The Morgan fingerprint density at radius 1 is 1.18 bits per heavy atom. The fourth-order valence-corrected chi connectivity index (χ4v) is 4.87. The van der Waals surface area contributed by atoms with Crippen LogP contribution in [0.4, 0.5) is 0 Å². The quantitative estimate of drug-likeness (QED) is 0.607. The molecule has 0 bridgehead atoms. The molecule has 4 rings (SSSR count). The van der Waals surface area contributed by atoms with Gasteiger partial charge in [-0.15, -0.1) is 0 Å². The van der Waals surface area contributed by atoms with Crippen LogP contribution >= 0.6 is 0 Å². The molecule has 2 aliphatic heterocycles. The number of nitrogens with zero attached hydrogens (tertiary/aromatic N) is 2. The van der Waals surface area contributed by atoms with Crippen LogP contribution in [-0.2, 0) is 9.59 Å². The average Bonchev–Trinajstić information content (AvgIpc) is 3.46. The minimum absolute atomic E-state index is 0.00948. The fraction of sp³-hybridized carbons (Fsp3) is 0.619.